The second-order valence-corrected chi connectivity index (χ2v) is 8.65. The second kappa shape index (κ2) is 10.9. The summed E-state index contributed by atoms with van der Waals surface area (Å²) in [4.78, 5) is 48.4. The maximum Gasteiger partial charge on any atom is 0.262 e. The van der Waals surface area contributed by atoms with Crippen molar-refractivity contribution in [1.29, 1.82) is 0 Å². The molecule has 4 rings (SSSR count). The van der Waals surface area contributed by atoms with Gasteiger partial charge in [-0.25, -0.2) is 4.98 Å². The molecule has 1 aliphatic heterocycles. The van der Waals surface area contributed by atoms with Gasteiger partial charge in [-0.2, -0.15) is 0 Å². The number of likely N-dealkylation sites (N-methyl/N-ethyl adjacent to an activating group) is 1. The number of ether oxygens (including phenoxy) is 1. The van der Waals surface area contributed by atoms with E-state index in [2.05, 4.69) is 23.7 Å². The van der Waals surface area contributed by atoms with Gasteiger partial charge in [0.2, 0.25) is 5.91 Å². The predicted octanol–water partition coefficient (Wildman–Crippen LogP) is 3.70. The van der Waals surface area contributed by atoms with Gasteiger partial charge in [0.1, 0.15) is 12.3 Å². The van der Waals surface area contributed by atoms with Gasteiger partial charge in [0, 0.05) is 19.2 Å². The van der Waals surface area contributed by atoms with Crippen molar-refractivity contribution < 1.29 is 19.1 Å². The fourth-order valence-electron chi connectivity index (χ4n) is 3.85. The number of carbonyl (C=O) groups is 3. The third-order valence-corrected chi connectivity index (χ3v) is 6.88. The van der Waals surface area contributed by atoms with Gasteiger partial charge in [0.05, 0.1) is 28.5 Å². The Morgan fingerprint density at radius 2 is 1.68 bits per heavy atom. The van der Waals surface area contributed by atoms with Crippen LogP contribution in [-0.4, -0.2) is 72.3 Å². The molecule has 2 heterocycles. The molecule has 180 valence electrons. The average Bonchev–Trinajstić information content (AvgIpc) is 3.36. The van der Waals surface area contributed by atoms with Crippen LogP contribution in [0.25, 0.3) is 10.2 Å². The van der Waals surface area contributed by atoms with Gasteiger partial charge >= 0.3 is 0 Å². The predicted molar refractivity (Wildman–Crippen MR) is 135 cm³/mol. The molecule has 0 atom stereocenters. The summed E-state index contributed by atoms with van der Waals surface area (Å²) in [5, 5.41) is 0.534. The highest BCUT2D eigenvalue weighted by Gasteiger charge is 2.37. The topological polar surface area (TPSA) is 83.0 Å². The Balaban J connectivity index is 0.00000324. The van der Waals surface area contributed by atoms with E-state index in [1.807, 2.05) is 18.2 Å². The maximum absolute atomic E-state index is 13.4. The highest BCUT2D eigenvalue weighted by atomic mass is 35.5. The largest absolute Gasteiger partial charge is 0.497 e. The SMILES string of the molecule is CCN(CC)CCN(C(=O)CN1C(=O)c2ccccc2C1=O)c1nc2cc(OC)ccc2s1.Cl. The maximum atomic E-state index is 13.4. The van der Waals surface area contributed by atoms with E-state index in [4.69, 9.17) is 4.74 Å². The van der Waals surface area contributed by atoms with Crippen molar-refractivity contribution in [2.45, 2.75) is 13.8 Å². The third kappa shape index (κ3) is 4.91. The highest BCUT2D eigenvalue weighted by Crippen LogP contribution is 2.32. The fourth-order valence-corrected chi connectivity index (χ4v) is 4.84. The number of hydrogen-bond donors (Lipinski definition) is 0. The summed E-state index contributed by atoms with van der Waals surface area (Å²) in [6.45, 7) is 6.57. The van der Waals surface area contributed by atoms with Crippen LogP contribution in [0.3, 0.4) is 0 Å². The van der Waals surface area contributed by atoms with Crippen molar-refractivity contribution >= 4 is 56.8 Å². The molecule has 10 heteroatoms. The molecular weight excluding hydrogens is 476 g/mol. The first kappa shape index (κ1) is 25.6. The molecule has 0 saturated heterocycles. The number of aromatic nitrogens is 1. The number of thiazole rings is 1. The van der Waals surface area contributed by atoms with E-state index in [9.17, 15) is 14.4 Å². The number of methoxy groups -OCH3 is 1. The van der Waals surface area contributed by atoms with Crippen LogP contribution >= 0.6 is 23.7 Å². The average molecular weight is 503 g/mol. The smallest absolute Gasteiger partial charge is 0.262 e. The van der Waals surface area contributed by atoms with Crippen LogP contribution in [0.5, 0.6) is 5.75 Å². The Labute approximate surface area is 208 Å². The number of hydrogen-bond acceptors (Lipinski definition) is 7. The molecule has 8 nitrogen and oxygen atoms in total. The van der Waals surface area contributed by atoms with E-state index in [0.717, 1.165) is 28.2 Å². The lowest BCUT2D eigenvalue weighted by Gasteiger charge is -2.26. The molecule has 0 radical (unpaired) electrons. The first-order valence-corrected chi connectivity index (χ1v) is 11.7. The van der Waals surface area contributed by atoms with E-state index in [1.165, 1.54) is 11.3 Å². The Hall–Kier alpha value is -3.01. The second-order valence-electron chi connectivity index (χ2n) is 7.64. The Morgan fingerprint density at radius 1 is 1.03 bits per heavy atom. The van der Waals surface area contributed by atoms with Crippen LogP contribution in [0, 0.1) is 0 Å². The normalized spacial score (nSPS) is 12.8. The number of anilines is 1. The van der Waals surface area contributed by atoms with Crippen molar-refractivity contribution in [2.75, 3.05) is 44.7 Å². The molecular formula is C24H27ClN4O4S. The number of nitrogens with zero attached hydrogens (tertiary/aromatic N) is 4. The van der Waals surface area contributed by atoms with Crippen molar-refractivity contribution in [1.82, 2.24) is 14.8 Å². The molecule has 0 spiro atoms. The summed E-state index contributed by atoms with van der Waals surface area (Å²) in [6.07, 6.45) is 0. The number of benzene rings is 2. The quantitative estimate of drug-likeness (QED) is 0.415. The molecule has 0 N–H and O–H groups in total. The lowest BCUT2D eigenvalue weighted by atomic mass is 10.1. The van der Waals surface area contributed by atoms with Crippen molar-refractivity contribution in [3.8, 4) is 5.75 Å². The Morgan fingerprint density at radius 3 is 2.26 bits per heavy atom. The molecule has 3 aromatic rings. The van der Waals surface area contributed by atoms with Crippen LogP contribution in [0.2, 0.25) is 0 Å². The number of carbonyl (C=O) groups excluding carboxylic acids is 3. The molecule has 3 amide bonds. The summed E-state index contributed by atoms with van der Waals surface area (Å²) in [5.41, 5.74) is 1.39. The number of imide groups is 1. The van der Waals surface area contributed by atoms with Gasteiger partial charge in [-0.3, -0.25) is 24.2 Å². The number of amides is 3. The van der Waals surface area contributed by atoms with E-state index < -0.39 is 11.8 Å². The monoisotopic (exact) mass is 502 g/mol. The molecule has 0 saturated carbocycles. The van der Waals surface area contributed by atoms with Crippen molar-refractivity contribution in [3.63, 3.8) is 0 Å². The molecule has 2 aromatic carbocycles. The fraction of sp³-hybridized carbons (Fsp3) is 0.333. The molecule has 1 aliphatic rings. The Kier molecular flexibility index (Phi) is 8.24. The minimum atomic E-state index is -0.443. The number of fused-ring (bicyclic) bond motifs is 2. The summed E-state index contributed by atoms with van der Waals surface area (Å²) >= 11 is 1.40. The number of halogens is 1. The zero-order valence-corrected chi connectivity index (χ0v) is 20.9. The summed E-state index contributed by atoms with van der Waals surface area (Å²) in [6, 6.07) is 12.2. The van der Waals surface area contributed by atoms with Gasteiger partial charge < -0.3 is 9.64 Å². The van der Waals surface area contributed by atoms with Gasteiger partial charge in [0.15, 0.2) is 5.13 Å². The first-order valence-electron chi connectivity index (χ1n) is 10.9. The van der Waals surface area contributed by atoms with Gasteiger partial charge in [-0.05, 0) is 37.4 Å². The Bertz CT molecular complexity index is 1180. The van der Waals surface area contributed by atoms with Crippen LogP contribution in [-0.2, 0) is 4.79 Å². The molecule has 0 unspecified atom stereocenters. The summed E-state index contributed by atoms with van der Waals surface area (Å²) < 4.78 is 6.21. The third-order valence-electron chi connectivity index (χ3n) is 5.82. The van der Waals surface area contributed by atoms with Crippen molar-refractivity contribution in [2.24, 2.45) is 0 Å². The van der Waals surface area contributed by atoms with Gasteiger partial charge in [0.25, 0.3) is 11.8 Å². The zero-order chi connectivity index (χ0) is 23.5. The van der Waals surface area contributed by atoms with E-state index in [0.29, 0.717) is 35.1 Å². The molecule has 34 heavy (non-hydrogen) atoms. The molecule has 0 fully saturated rings. The van der Waals surface area contributed by atoms with E-state index in [1.54, 1.807) is 36.3 Å². The van der Waals surface area contributed by atoms with Crippen LogP contribution in [0.15, 0.2) is 42.5 Å². The molecule has 1 aromatic heterocycles. The van der Waals surface area contributed by atoms with Crippen molar-refractivity contribution in [3.05, 3.63) is 53.6 Å². The lowest BCUT2D eigenvalue weighted by Crippen LogP contribution is -2.45. The standard InChI is InChI=1S/C24H26N4O4S.ClH/c1-4-26(5-2)12-13-27(24-25-19-14-16(32-3)10-11-20(19)33-24)21(29)15-28-22(30)17-8-6-7-9-18(17)23(28)31;/h6-11,14H,4-5,12-13,15H2,1-3H3;1H. The molecule has 0 aliphatic carbocycles. The summed E-state index contributed by atoms with van der Waals surface area (Å²) in [7, 11) is 1.59. The van der Waals surface area contributed by atoms with Crippen LogP contribution in [0.1, 0.15) is 34.6 Å². The minimum absolute atomic E-state index is 0. The zero-order valence-electron chi connectivity index (χ0n) is 19.3. The number of rotatable bonds is 9. The summed E-state index contributed by atoms with van der Waals surface area (Å²) in [5.74, 6) is -0.544. The first-order chi connectivity index (χ1) is 16.0. The van der Waals surface area contributed by atoms with E-state index in [-0.39, 0.29) is 24.9 Å². The van der Waals surface area contributed by atoms with Gasteiger partial charge in [-0.15, -0.1) is 12.4 Å². The van der Waals surface area contributed by atoms with Crippen LogP contribution in [0.4, 0.5) is 5.13 Å². The van der Waals surface area contributed by atoms with Gasteiger partial charge in [-0.1, -0.05) is 37.3 Å². The highest BCUT2D eigenvalue weighted by molar-refractivity contribution is 7.22. The lowest BCUT2D eigenvalue weighted by molar-refractivity contribution is -0.119. The molecule has 0 bridgehead atoms. The van der Waals surface area contributed by atoms with E-state index >= 15 is 0 Å². The van der Waals surface area contributed by atoms with Crippen LogP contribution < -0.4 is 9.64 Å². The minimum Gasteiger partial charge on any atom is -0.497 e.